The highest BCUT2D eigenvalue weighted by Crippen LogP contribution is 2.28. The van der Waals surface area contributed by atoms with Gasteiger partial charge in [0.1, 0.15) is 5.65 Å². The first-order chi connectivity index (χ1) is 11.5. The number of rotatable bonds is 4. The highest BCUT2D eigenvalue weighted by molar-refractivity contribution is 5.87. The topological polar surface area (TPSA) is 54.6 Å². The smallest absolute Gasteiger partial charge is 0.328 e. The minimum absolute atomic E-state index is 0.466. The number of carboxylic acids is 1. The number of aromatic nitrogens is 2. The number of carbonyl (C=O) groups is 1. The number of hydrogen-bond donors (Lipinski definition) is 1. The Hall–Kier alpha value is -2.88. The molecule has 0 spiro atoms. The Labute approximate surface area is 141 Å². The Balaban J connectivity index is 2.20. The van der Waals surface area contributed by atoms with E-state index in [1.807, 2.05) is 41.8 Å². The largest absolute Gasteiger partial charge is 0.478 e. The number of benzene rings is 1. The van der Waals surface area contributed by atoms with E-state index in [2.05, 4.69) is 26.0 Å². The van der Waals surface area contributed by atoms with Crippen LogP contribution in [0.4, 0.5) is 0 Å². The third-order valence-electron chi connectivity index (χ3n) is 4.12. The Kier molecular flexibility index (Phi) is 4.21. The van der Waals surface area contributed by atoms with Gasteiger partial charge in [0.2, 0.25) is 0 Å². The van der Waals surface area contributed by atoms with E-state index in [-0.39, 0.29) is 0 Å². The van der Waals surface area contributed by atoms with Gasteiger partial charge >= 0.3 is 5.97 Å². The maximum absolute atomic E-state index is 10.9. The summed E-state index contributed by atoms with van der Waals surface area (Å²) >= 11 is 0. The fourth-order valence-electron chi connectivity index (χ4n) is 2.77. The molecule has 4 nitrogen and oxygen atoms in total. The lowest BCUT2D eigenvalue weighted by Crippen LogP contribution is -1.92. The lowest BCUT2D eigenvalue weighted by Gasteiger charge is -2.06. The minimum Gasteiger partial charge on any atom is -0.478 e. The molecule has 122 valence electrons. The quantitative estimate of drug-likeness (QED) is 0.719. The van der Waals surface area contributed by atoms with Crippen LogP contribution in [0.15, 0.2) is 48.7 Å². The molecule has 3 rings (SSSR count). The molecule has 2 heterocycles. The SMILES string of the molecule is Cc1cccn2c(/C=C/C(=O)O)c(-c3ccc(C(C)C)cc3)nc12. The van der Waals surface area contributed by atoms with E-state index < -0.39 is 5.97 Å². The predicted molar refractivity (Wildman–Crippen MR) is 96.1 cm³/mol. The molecule has 24 heavy (non-hydrogen) atoms. The summed E-state index contributed by atoms with van der Waals surface area (Å²) in [7, 11) is 0. The molecule has 3 aromatic rings. The first-order valence-electron chi connectivity index (χ1n) is 7.96. The van der Waals surface area contributed by atoms with Crippen LogP contribution in [-0.4, -0.2) is 20.5 Å². The number of pyridine rings is 1. The van der Waals surface area contributed by atoms with Gasteiger partial charge in [0, 0.05) is 17.8 Å². The molecule has 0 aliphatic carbocycles. The minimum atomic E-state index is -0.973. The molecular weight excluding hydrogens is 300 g/mol. The monoisotopic (exact) mass is 320 g/mol. The van der Waals surface area contributed by atoms with Gasteiger partial charge in [-0.05, 0) is 36.1 Å². The van der Waals surface area contributed by atoms with E-state index in [9.17, 15) is 4.79 Å². The summed E-state index contributed by atoms with van der Waals surface area (Å²) in [5.74, 6) is -0.507. The van der Waals surface area contributed by atoms with Crippen molar-refractivity contribution < 1.29 is 9.90 Å². The fourth-order valence-corrected chi connectivity index (χ4v) is 2.77. The molecule has 1 aromatic carbocycles. The summed E-state index contributed by atoms with van der Waals surface area (Å²) in [5, 5.41) is 8.98. The highest BCUT2D eigenvalue weighted by Gasteiger charge is 2.13. The lowest BCUT2D eigenvalue weighted by atomic mass is 10.0. The van der Waals surface area contributed by atoms with Gasteiger partial charge in [0.15, 0.2) is 0 Å². The Morgan fingerprint density at radius 2 is 1.92 bits per heavy atom. The first-order valence-corrected chi connectivity index (χ1v) is 7.96. The van der Waals surface area contributed by atoms with Gasteiger partial charge in [-0.1, -0.05) is 44.2 Å². The standard InChI is InChI=1S/C20H20N2O2/c1-13(2)15-6-8-16(9-7-15)19-17(10-11-18(23)24)22-12-4-5-14(3)20(22)21-19/h4-13H,1-3H3,(H,23,24)/b11-10+. The zero-order chi connectivity index (χ0) is 17.3. The zero-order valence-electron chi connectivity index (χ0n) is 14.0. The Bertz CT molecular complexity index is 919. The van der Waals surface area contributed by atoms with Crippen molar-refractivity contribution in [2.75, 3.05) is 0 Å². The molecule has 2 aromatic heterocycles. The maximum atomic E-state index is 10.9. The highest BCUT2D eigenvalue weighted by atomic mass is 16.4. The van der Waals surface area contributed by atoms with E-state index in [4.69, 9.17) is 10.1 Å². The van der Waals surface area contributed by atoms with Crippen molar-refractivity contribution in [2.24, 2.45) is 0 Å². The van der Waals surface area contributed by atoms with Gasteiger partial charge in [-0.2, -0.15) is 0 Å². The van der Waals surface area contributed by atoms with Crippen LogP contribution in [0.3, 0.4) is 0 Å². The van der Waals surface area contributed by atoms with Gasteiger partial charge in [0.05, 0.1) is 11.4 Å². The van der Waals surface area contributed by atoms with E-state index in [0.717, 1.165) is 34.2 Å². The van der Waals surface area contributed by atoms with Crippen LogP contribution in [0.25, 0.3) is 23.0 Å². The van der Waals surface area contributed by atoms with Crippen LogP contribution in [-0.2, 0) is 4.79 Å². The van der Waals surface area contributed by atoms with Crippen LogP contribution in [0.2, 0.25) is 0 Å². The number of aliphatic carboxylic acids is 1. The molecule has 0 saturated carbocycles. The van der Waals surface area contributed by atoms with Crippen molar-refractivity contribution >= 4 is 17.7 Å². The maximum Gasteiger partial charge on any atom is 0.328 e. The third-order valence-corrected chi connectivity index (χ3v) is 4.12. The summed E-state index contributed by atoms with van der Waals surface area (Å²) in [6.07, 6.45) is 4.66. The number of fused-ring (bicyclic) bond motifs is 1. The Morgan fingerprint density at radius 1 is 1.21 bits per heavy atom. The van der Waals surface area contributed by atoms with Crippen LogP contribution in [0, 0.1) is 6.92 Å². The molecule has 0 aliphatic heterocycles. The molecule has 0 atom stereocenters. The van der Waals surface area contributed by atoms with Crippen molar-refractivity contribution in [3.63, 3.8) is 0 Å². The number of hydrogen-bond acceptors (Lipinski definition) is 2. The van der Waals surface area contributed by atoms with E-state index in [0.29, 0.717) is 5.92 Å². The second kappa shape index (κ2) is 6.32. The lowest BCUT2D eigenvalue weighted by molar-refractivity contribution is -0.131. The van der Waals surface area contributed by atoms with Gasteiger partial charge in [0.25, 0.3) is 0 Å². The average molecular weight is 320 g/mol. The molecule has 0 radical (unpaired) electrons. The molecule has 4 heteroatoms. The van der Waals surface area contributed by atoms with Crippen LogP contribution >= 0.6 is 0 Å². The van der Waals surface area contributed by atoms with Crippen molar-refractivity contribution in [3.8, 4) is 11.3 Å². The van der Waals surface area contributed by atoms with Gasteiger partial charge in [-0.25, -0.2) is 9.78 Å². The number of imidazole rings is 1. The normalized spacial score (nSPS) is 11.7. The van der Waals surface area contributed by atoms with Crippen molar-refractivity contribution in [2.45, 2.75) is 26.7 Å². The summed E-state index contributed by atoms with van der Waals surface area (Å²) < 4.78 is 1.93. The van der Waals surface area contributed by atoms with Gasteiger partial charge < -0.3 is 5.11 Å². The summed E-state index contributed by atoms with van der Waals surface area (Å²) in [6.45, 7) is 6.31. The molecule has 0 unspecified atom stereocenters. The first kappa shape index (κ1) is 16.0. The fraction of sp³-hybridized carbons (Fsp3) is 0.200. The molecular formula is C20H20N2O2. The molecule has 0 aliphatic rings. The van der Waals surface area contributed by atoms with E-state index in [1.54, 1.807) is 6.08 Å². The van der Waals surface area contributed by atoms with Crippen molar-refractivity contribution in [1.82, 2.24) is 9.38 Å². The van der Waals surface area contributed by atoms with Crippen LogP contribution < -0.4 is 0 Å². The van der Waals surface area contributed by atoms with Crippen LogP contribution in [0.1, 0.15) is 36.6 Å². The van der Waals surface area contributed by atoms with Crippen LogP contribution in [0.5, 0.6) is 0 Å². The molecule has 0 bridgehead atoms. The molecule has 1 N–H and O–H groups in total. The molecule has 0 amide bonds. The van der Waals surface area contributed by atoms with Crippen molar-refractivity contribution in [1.29, 1.82) is 0 Å². The summed E-state index contributed by atoms with van der Waals surface area (Å²) in [6, 6.07) is 12.2. The Morgan fingerprint density at radius 3 is 2.54 bits per heavy atom. The van der Waals surface area contributed by atoms with Gasteiger partial charge in [-0.15, -0.1) is 0 Å². The summed E-state index contributed by atoms with van der Waals surface area (Å²) in [5.41, 5.74) is 5.69. The summed E-state index contributed by atoms with van der Waals surface area (Å²) in [4.78, 5) is 15.7. The second-order valence-corrected chi connectivity index (χ2v) is 6.18. The van der Waals surface area contributed by atoms with Gasteiger partial charge in [-0.3, -0.25) is 4.40 Å². The second-order valence-electron chi connectivity index (χ2n) is 6.18. The number of aryl methyl sites for hydroxylation is 1. The van der Waals surface area contributed by atoms with E-state index >= 15 is 0 Å². The third kappa shape index (κ3) is 2.95. The number of carboxylic acid groups (broad SMARTS) is 1. The molecule has 0 fully saturated rings. The predicted octanol–water partition coefficient (Wildman–Crippen LogP) is 4.53. The average Bonchev–Trinajstić information content (AvgIpc) is 2.93. The van der Waals surface area contributed by atoms with Crippen molar-refractivity contribution in [3.05, 3.63) is 65.5 Å². The molecule has 0 saturated heterocycles. The zero-order valence-corrected chi connectivity index (χ0v) is 14.0. The van der Waals surface area contributed by atoms with E-state index in [1.165, 1.54) is 5.56 Å². The number of nitrogens with zero attached hydrogens (tertiary/aromatic N) is 2.